The first-order valence-corrected chi connectivity index (χ1v) is 60.6. The van der Waals surface area contributed by atoms with E-state index in [4.69, 9.17) is 0 Å². The molecule has 8 aliphatic carbocycles. The van der Waals surface area contributed by atoms with Crippen molar-refractivity contribution in [3.05, 3.63) is 0 Å². The van der Waals surface area contributed by atoms with Crippen molar-refractivity contribution in [2.45, 2.75) is 668 Å². The average Bonchev–Trinajstić information content (AvgIpc) is 1.66. The molecule has 0 spiro atoms. The van der Waals surface area contributed by atoms with Crippen molar-refractivity contribution in [3.63, 3.8) is 0 Å². The summed E-state index contributed by atoms with van der Waals surface area (Å²) >= 11 is 0. The molecule has 0 amide bonds. The number of hydrogen-bond acceptors (Lipinski definition) is 0. The first-order valence-electron chi connectivity index (χ1n) is 60.6. The Balaban J connectivity index is -0.000000149. The monoisotopic (exact) mass is 1840 g/mol. The molecule has 0 heterocycles. The highest BCUT2D eigenvalue weighted by Crippen LogP contribution is 2.48. The third-order valence-electron chi connectivity index (χ3n) is 26.4. The Labute approximate surface area is 839 Å². The number of unbranched alkanes of at least 4 members (excludes halogenated alkanes) is 1. The van der Waals surface area contributed by atoms with Crippen molar-refractivity contribution in [1.29, 1.82) is 0 Å². The van der Waals surface area contributed by atoms with E-state index in [-0.39, 0.29) is 0 Å². The molecule has 0 aromatic heterocycles. The van der Waals surface area contributed by atoms with Crippen LogP contribution in [-0.2, 0) is 0 Å². The lowest BCUT2D eigenvalue weighted by atomic mass is 9.67. The van der Waals surface area contributed by atoms with Crippen molar-refractivity contribution < 1.29 is 0 Å². The molecule has 0 N–H and O–H groups in total. The fourth-order valence-corrected chi connectivity index (χ4v) is 15.7. The van der Waals surface area contributed by atoms with Gasteiger partial charge in [-0.1, -0.05) is 616 Å². The third kappa shape index (κ3) is 146. The number of rotatable bonds is 39. The zero-order valence-electron chi connectivity index (χ0n) is 103. The van der Waals surface area contributed by atoms with Crippen LogP contribution in [-0.4, -0.2) is 0 Å². The van der Waals surface area contributed by atoms with Gasteiger partial charge in [0.05, 0.1) is 0 Å². The standard InChI is InChI=1S/C11H22.C11H24.2C10H20.C10H22.3C9H18.C9H20.2C8H16.C8H18.6C3H8/c1-8(2)5-10-6-11(7-10)9(3)4;1-9(2)7-6-8-11(5)10(3)4;1-7(2)5-9-6-10(9)8(3)4;1-10(2,3)9-7-5-4-6-8-9;1-9(2)7-5-6-8-10(3)4;1-7(2)8(3)6-9-4-5-9;1-8(2)6-7-9-4-3-5-9;1-8(2)4-3-5-9-6-7-9;1-8(2)6-5-7-9(3)4;2*1-7(2)3-4-8-5-6-8;1-7(2)5-6-8(3)4;6*1-3-2/h8-11H,5-7H2,1-4H3;9-11H,6-8H2,1-5H3;7-10H,5-6H2,1-4H3;9H,4-8H2,1-3H3;9-10H,5-8H2,1-4H3;7-9H,4-6H2,1-3H3;2*8-9H,3-7H2,1-2H3;8-9H,5-7H2,1-4H3;2*7-8H,3-6H2,1-2H3;7-8H,5-6H2,1-4H3;6*3H2,1-2H3. The molecule has 800 valence electrons. The van der Waals surface area contributed by atoms with E-state index in [0.29, 0.717) is 5.41 Å². The van der Waals surface area contributed by atoms with Crippen molar-refractivity contribution >= 4 is 0 Å². The van der Waals surface area contributed by atoms with Crippen molar-refractivity contribution in [1.82, 2.24) is 0 Å². The van der Waals surface area contributed by atoms with E-state index in [9.17, 15) is 0 Å². The summed E-state index contributed by atoms with van der Waals surface area (Å²) in [5.74, 6) is 28.2. The van der Waals surface area contributed by atoms with Gasteiger partial charge in [-0.25, -0.2) is 0 Å². The second-order valence-electron chi connectivity index (χ2n) is 52.4. The van der Waals surface area contributed by atoms with Crippen LogP contribution in [0.4, 0.5) is 0 Å². The molecule has 4 atom stereocenters. The Morgan fingerprint density at radius 1 is 0.208 bits per heavy atom. The van der Waals surface area contributed by atoms with E-state index < -0.39 is 0 Å². The Hall–Kier alpha value is 0. The predicted octanol–water partition coefficient (Wildman–Crippen LogP) is 48.8. The van der Waals surface area contributed by atoms with Crippen LogP contribution in [0, 0.1) is 177 Å². The number of hydrogen-bond donors (Lipinski definition) is 0. The zero-order valence-corrected chi connectivity index (χ0v) is 103. The fourth-order valence-electron chi connectivity index (χ4n) is 15.7. The van der Waals surface area contributed by atoms with Crippen LogP contribution in [0.15, 0.2) is 0 Å². The van der Waals surface area contributed by atoms with Crippen molar-refractivity contribution in [3.8, 4) is 0 Å². The Morgan fingerprint density at radius 2 is 0.477 bits per heavy atom. The summed E-state index contributed by atoms with van der Waals surface area (Å²) in [4.78, 5) is 0. The first-order chi connectivity index (χ1) is 60.6. The summed E-state index contributed by atoms with van der Waals surface area (Å²) in [6.45, 7) is 116. The van der Waals surface area contributed by atoms with E-state index in [1.807, 2.05) is 0 Å². The molecule has 0 aromatic carbocycles. The average molecular weight is 1840 g/mol. The predicted molar refractivity (Wildman–Crippen MR) is 619 cm³/mol. The minimum absolute atomic E-state index is 0.570. The van der Waals surface area contributed by atoms with E-state index in [2.05, 4.69) is 353 Å². The molecule has 0 aliphatic heterocycles. The Morgan fingerprint density at radius 3 is 0.700 bits per heavy atom. The van der Waals surface area contributed by atoms with Gasteiger partial charge in [-0.05, 0) is 228 Å². The highest BCUT2D eigenvalue weighted by Gasteiger charge is 2.39. The molecule has 0 heteroatoms. The summed E-state index contributed by atoms with van der Waals surface area (Å²) in [5, 5.41) is 0. The molecule has 0 radical (unpaired) electrons. The molecule has 8 saturated carbocycles. The van der Waals surface area contributed by atoms with Crippen molar-refractivity contribution in [2.24, 2.45) is 177 Å². The fraction of sp³-hybridized carbons (Fsp3) is 1.00. The van der Waals surface area contributed by atoms with Gasteiger partial charge in [0.2, 0.25) is 0 Å². The molecule has 4 unspecified atom stereocenters. The highest BCUT2D eigenvalue weighted by molar-refractivity contribution is 4.89. The topological polar surface area (TPSA) is 0 Å². The van der Waals surface area contributed by atoms with Crippen LogP contribution in [0.2, 0.25) is 0 Å². The molecule has 130 heavy (non-hydrogen) atoms. The largest absolute Gasteiger partial charge is 0.0656 e. The van der Waals surface area contributed by atoms with Crippen molar-refractivity contribution in [2.75, 3.05) is 0 Å². The van der Waals surface area contributed by atoms with E-state index in [1.54, 1.807) is 0 Å². The molecular formula is C130H280. The SMILES string of the molecule is CC(C)(C)C1CCCCC1.CC(C)C(C)CC1CC1.CC(C)CC1CC(C(C)C)C1.CC(C)CC1CC1C(C)C.CC(C)CCC(C)C.CC(C)CCC1CC1.CC(C)CCC1CC1.CC(C)CCC1CCC1.CC(C)CCCC(C)C.CC(C)CCCC(C)C(C)C.CC(C)CCCC1CC1.CC(C)CCCCC(C)C.CCC.CCC.CCC.CCC.CCC.CCC. The highest BCUT2D eigenvalue weighted by atomic mass is 14.4. The zero-order chi connectivity index (χ0) is 103. The van der Waals surface area contributed by atoms with E-state index in [1.165, 1.54) is 315 Å². The van der Waals surface area contributed by atoms with E-state index in [0.717, 1.165) is 172 Å². The molecule has 0 aromatic rings. The van der Waals surface area contributed by atoms with Gasteiger partial charge in [-0.3, -0.25) is 0 Å². The molecule has 0 saturated heterocycles. The van der Waals surface area contributed by atoms with Gasteiger partial charge < -0.3 is 0 Å². The second kappa shape index (κ2) is 105. The molecule has 0 bridgehead atoms. The van der Waals surface area contributed by atoms with Gasteiger partial charge >= 0.3 is 0 Å². The second-order valence-corrected chi connectivity index (χ2v) is 52.4. The minimum atomic E-state index is 0.570. The lowest BCUT2D eigenvalue weighted by Crippen LogP contribution is -2.28. The van der Waals surface area contributed by atoms with Crippen LogP contribution in [0.3, 0.4) is 0 Å². The lowest BCUT2D eigenvalue weighted by molar-refractivity contribution is 0.122. The smallest absolute Gasteiger partial charge is 0.0354 e. The maximum atomic E-state index is 2.38. The minimum Gasteiger partial charge on any atom is -0.0656 e. The molecule has 0 nitrogen and oxygen atoms in total. The van der Waals surface area contributed by atoms with Crippen LogP contribution >= 0.6 is 0 Å². The summed E-state index contributed by atoms with van der Waals surface area (Å²) in [6.07, 6.45) is 70.7. The Kier molecular flexibility index (Phi) is 121. The Bertz CT molecular complexity index is 1850. The van der Waals surface area contributed by atoms with Gasteiger partial charge in [0.25, 0.3) is 0 Å². The first kappa shape index (κ1) is 150. The summed E-state index contributed by atoms with van der Waals surface area (Å²) in [7, 11) is 0. The molecule has 8 aliphatic rings. The van der Waals surface area contributed by atoms with Gasteiger partial charge in [0, 0.05) is 0 Å². The lowest BCUT2D eigenvalue weighted by Gasteiger charge is -2.39. The molecular weight excluding hydrogens is 1560 g/mol. The van der Waals surface area contributed by atoms with Crippen LogP contribution in [0.5, 0.6) is 0 Å². The third-order valence-corrected chi connectivity index (χ3v) is 26.4. The van der Waals surface area contributed by atoms with Gasteiger partial charge in [0.15, 0.2) is 0 Å². The van der Waals surface area contributed by atoms with Gasteiger partial charge in [-0.2, -0.15) is 0 Å². The molecule has 8 rings (SSSR count). The van der Waals surface area contributed by atoms with Crippen LogP contribution < -0.4 is 0 Å². The summed E-state index contributed by atoms with van der Waals surface area (Å²) in [5.41, 5.74) is 0.570. The summed E-state index contributed by atoms with van der Waals surface area (Å²) in [6, 6.07) is 0. The van der Waals surface area contributed by atoms with Crippen LogP contribution in [0.25, 0.3) is 0 Å². The quantitative estimate of drug-likeness (QED) is 0.0538. The maximum absolute atomic E-state index is 2.38. The normalized spacial score (nSPS) is 18.0. The van der Waals surface area contributed by atoms with E-state index >= 15 is 0 Å². The maximum Gasteiger partial charge on any atom is -0.0354 e. The molecule has 8 fully saturated rings. The van der Waals surface area contributed by atoms with Gasteiger partial charge in [-0.15, -0.1) is 0 Å². The van der Waals surface area contributed by atoms with Crippen LogP contribution in [0.1, 0.15) is 668 Å². The summed E-state index contributed by atoms with van der Waals surface area (Å²) < 4.78 is 0. The van der Waals surface area contributed by atoms with Gasteiger partial charge in [0.1, 0.15) is 0 Å².